The second-order valence-corrected chi connectivity index (χ2v) is 7.23. The first-order chi connectivity index (χ1) is 8.81. The van der Waals surface area contributed by atoms with Crippen molar-refractivity contribution in [2.45, 2.75) is 38.1 Å². The van der Waals surface area contributed by atoms with Gasteiger partial charge in [0.1, 0.15) is 10.7 Å². The third-order valence-electron chi connectivity index (χ3n) is 2.90. The van der Waals surface area contributed by atoms with Crippen LogP contribution in [0.15, 0.2) is 21.6 Å². The Balaban J connectivity index is 3.16. The zero-order valence-electron chi connectivity index (χ0n) is 11.6. The van der Waals surface area contributed by atoms with Gasteiger partial charge in [-0.1, -0.05) is 20.8 Å². The highest BCUT2D eigenvalue weighted by atomic mass is 79.9. The SMILES string of the molecule is CCC(NS(=O)(=O)c1cc(Br)cnc1NC)C(C)C. The highest BCUT2D eigenvalue weighted by Crippen LogP contribution is 2.23. The predicted octanol–water partition coefficient (Wildman–Crippen LogP) is 2.60. The van der Waals surface area contributed by atoms with Crippen LogP contribution in [0.3, 0.4) is 0 Å². The van der Waals surface area contributed by atoms with E-state index >= 15 is 0 Å². The maximum absolute atomic E-state index is 12.4. The Morgan fingerprint density at radius 2 is 2.05 bits per heavy atom. The van der Waals surface area contributed by atoms with Gasteiger partial charge in [0, 0.05) is 23.8 Å². The molecule has 0 spiro atoms. The molecule has 7 heteroatoms. The first-order valence-corrected chi connectivity index (χ1v) is 8.45. The molecule has 0 saturated carbocycles. The summed E-state index contributed by atoms with van der Waals surface area (Å²) in [5.74, 6) is 0.576. The second-order valence-electron chi connectivity index (χ2n) is 4.63. The summed E-state index contributed by atoms with van der Waals surface area (Å²) in [5, 5.41) is 2.80. The molecule has 1 heterocycles. The molecular formula is C12H20BrN3O2S. The molecule has 108 valence electrons. The van der Waals surface area contributed by atoms with Gasteiger partial charge < -0.3 is 5.32 Å². The molecule has 1 aromatic heterocycles. The van der Waals surface area contributed by atoms with E-state index in [1.807, 2.05) is 20.8 Å². The highest BCUT2D eigenvalue weighted by Gasteiger charge is 2.24. The molecule has 0 saturated heterocycles. The smallest absolute Gasteiger partial charge is 0.244 e. The average molecular weight is 350 g/mol. The van der Waals surface area contributed by atoms with Gasteiger partial charge in [-0.3, -0.25) is 0 Å². The maximum atomic E-state index is 12.4. The summed E-state index contributed by atoms with van der Waals surface area (Å²) < 4.78 is 28.2. The van der Waals surface area contributed by atoms with Crippen LogP contribution in [0.5, 0.6) is 0 Å². The molecule has 0 aliphatic rings. The van der Waals surface area contributed by atoms with E-state index in [0.29, 0.717) is 10.3 Å². The van der Waals surface area contributed by atoms with Crippen LogP contribution in [0.2, 0.25) is 0 Å². The van der Waals surface area contributed by atoms with Crippen LogP contribution in [-0.2, 0) is 10.0 Å². The number of hydrogen-bond acceptors (Lipinski definition) is 4. The number of halogens is 1. The van der Waals surface area contributed by atoms with Crippen LogP contribution in [0, 0.1) is 5.92 Å². The summed E-state index contributed by atoms with van der Waals surface area (Å²) in [6.45, 7) is 5.95. The van der Waals surface area contributed by atoms with Gasteiger partial charge in [-0.15, -0.1) is 0 Å². The molecule has 19 heavy (non-hydrogen) atoms. The number of sulfonamides is 1. The van der Waals surface area contributed by atoms with Crippen LogP contribution in [0.25, 0.3) is 0 Å². The minimum atomic E-state index is -3.59. The number of aromatic nitrogens is 1. The third-order valence-corrected chi connectivity index (χ3v) is 4.83. The fourth-order valence-corrected chi connectivity index (χ4v) is 3.91. The van der Waals surface area contributed by atoms with Gasteiger partial charge in [0.2, 0.25) is 10.0 Å². The monoisotopic (exact) mass is 349 g/mol. The summed E-state index contributed by atoms with van der Waals surface area (Å²) >= 11 is 3.25. The number of nitrogens with zero attached hydrogens (tertiary/aromatic N) is 1. The maximum Gasteiger partial charge on any atom is 0.244 e. The zero-order chi connectivity index (χ0) is 14.6. The van der Waals surface area contributed by atoms with E-state index in [0.717, 1.165) is 6.42 Å². The van der Waals surface area contributed by atoms with Gasteiger partial charge in [-0.05, 0) is 34.3 Å². The van der Waals surface area contributed by atoms with Gasteiger partial charge in [-0.25, -0.2) is 18.1 Å². The van der Waals surface area contributed by atoms with Crippen molar-refractivity contribution in [2.24, 2.45) is 5.92 Å². The van der Waals surface area contributed by atoms with Crippen molar-refractivity contribution in [2.75, 3.05) is 12.4 Å². The fourth-order valence-electron chi connectivity index (χ4n) is 1.77. The lowest BCUT2D eigenvalue weighted by Crippen LogP contribution is -2.38. The predicted molar refractivity (Wildman–Crippen MR) is 80.7 cm³/mol. The van der Waals surface area contributed by atoms with E-state index in [1.54, 1.807) is 19.3 Å². The lowest BCUT2D eigenvalue weighted by molar-refractivity contribution is 0.437. The van der Waals surface area contributed by atoms with Crippen molar-refractivity contribution in [3.63, 3.8) is 0 Å². The molecule has 0 radical (unpaired) electrons. The number of hydrogen-bond donors (Lipinski definition) is 2. The van der Waals surface area contributed by atoms with Crippen molar-refractivity contribution < 1.29 is 8.42 Å². The Bertz CT molecular complexity index is 532. The van der Waals surface area contributed by atoms with Crippen molar-refractivity contribution >= 4 is 31.8 Å². The Morgan fingerprint density at radius 1 is 1.42 bits per heavy atom. The van der Waals surface area contributed by atoms with Gasteiger partial charge in [0.25, 0.3) is 0 Å². The zero-order valence-corrected chi connectivity index (χ0v) is 14.0. The normalized spacial score (nSPS) is 13.6. The molecule has 0 aromatic carbocycles. The quantitative estimate of drug-likeness (QED) is 0.827. The van der Waals surface area contributed by atoms with Crippen LogP contribution >= 0.6 is 15.9 Å². The topological polar surface area (TPSA) is 71.1 Å². The summed E-state index contributed by atoms with van der Waals surface area (Å²) in [5.41, 5.74) is 0. The number of rotatable bonds is 6. The van der Waals surface area contributed by atoms with E-state index in [1.165, 1.54) is 0 Å². The lowest BCUT2D eigenvalue weighted by atomic mass is 10.0. The number of anilines is 1. The molecule has 0 bridgehead atoms. The second kappa shape index (κ2) is 6.67. The fraction of sp³-hybridized carbons (Fsp3) is 0.583. The first-order valence-electron chi connectivity index (χ1n) is 6.17. The van der Waals surface area contributed by atoms with Crippen molar-refractivity contribution in [3.8, 4) is 0 Å². The van der Waals surface area contributed by atoms with Gasteiger partial charge >= 0.3 is 0 Å². The van der Waals surface area contributed by atoms with Crippen molar-refractivity contribution in [1.29, 1.82) is 0 Å². The Kier molecular flexibility index (Phi) is 5.76. The molecule has 0 aliphatic carbocycles. The highest BCUT2D eigenvalue weighted by molar-refractivity contribution is 9.10. The van der Waals surface area contributed by atoms with Crippen LogP contribution in [0.1, 0.15) is 27.2 Å². The summed E-state index contributed by atoms with van der Waals surface area (Å²) in [6.07, 6.45) is 2.30. The summed E-state index contributed by atoms with van der Waals surface area (Å²) in [4.78, 5) is 4.22. The van der Waals surface area contributed by atoms with E-state index < -0.39 is 10.0 Å². The van der Waals surface area contributed by atoms with E-state index in [-0.39, 0.29) is 16.9 Å². The van der Waals surface area contributed by atoms with E-state index in [9.17, 15) is 8.42 Å². The lowest BCUT2D eigenvalue weighted by Gasteiger charge is -2.21. The molecule has 2 N–H and O–H groups in total. The number of pyridine rings is 1. The summed E-state index contributed by atoms with van der Waals surface area (Å²) in [6, 6.07) is 1.46. The Labute approximate surface area is 123 Å². The minimum Gasteiger partial charge on any atom is -0.372 e. The Morgan fingerprint density at radius 3 is 2.53 bits per heavy atom. The largest absolute Gasteiger partial charge is 0.372 e. The summed E-state index contributed by atoms with van der Waals surface area (Å²) in [7, 11) is -1.94. The molecular weight excluding hydrogens is 330 g/mol. The van der Waals surface area contributed by atoms with Crippen LogP contribution < -0.4 is 10.0 Å². The van der Waals surface area contributed by atoms with E-state index in [2.05, 4.69) is 31.0 Å². The first kappa shape index (κ1) is 16.4. The van der Waals surface area contributed by atoms with Crippen LogP contribution in [-0.4, -0.2) is 26.5 Å². The molecule has 0 aliphatic heterocycles. The van der Waals surface area contributed by atoms with E-state index in [4.69, 9.17) is 0 Å². The van der Waals surface area contributed by atoms with Crippen molar-refractivity contribution in [3.05, 3.63) is 16.7 Å². The standard InChI is InChI=1S/C12H20BrN3O2S/c1-5-10(8(2)3)16-19(17,18)11-6-9(13)7-15-12(11)14-4/h6-8,10,16H,5H2,1-4H3,(H,14,15). The molecule has 5 nitrogen and oxygen atoms in total. The molecule has 1 atom stereocenters. The Hall–Kier alpha value is -0.660. The van der Waals surface area contributed by atoms with Gasteiger partial charge in [0.05, 0.1) is 0 Å². The minimum absolute atomic E-state index is 0.0892. The molecule has 1 rings (SSSR count). The van der Waals surface area contributed by atoms with Gasteiger partial charge in [0.15, 0.2) is 0 Å². The molecule has 1 unspecified atom stereocenters. The molecule has 1 aromatic rings. The number of nitrogens with one attached hydrogen (secondary N) is 2. The van der Waals surface area contributed by atoms with Crippen LogP contribution in [0.4, 0.5) is 5.82 Å². The third kappa shape index (κ3) is 4.15. The molecule has 0 amide bonds. The van der Waals surface area contributed by atoms with Crippen molar-refractivity contribution in [1.82, 2.24) is 9.71 Å². The molecule has 0 fully saturated rings. The van der Waals surface area contributed by atoms with Gasteiger partial charge in [-0.2, -0.15) is 0 Å². The average Bonchev–Trinajstić information content (AvgIpc) is 2.35.